The monoisotopic (exact) mass is 185 g/mol. The zero-order chi connectivity index (χ0) is 9.40. The summed E-state index contributed by atoms with van der Waals surface area (Å²) in [5.74, 6) is 0.773. The highest BCUT2D eigenvalue weighted by Gasteiger charge is 1.85. The third-order valence-corrected chi connectivity index (χ3v) is 2.21. The van der Waals surface area contributed by atoms with Crippen LogP contribution in [0.5, 0.6) is 0 Å². The fourth-order valence-corrected chi connectivity index (χ4v) is 1.22. The summed E-state index contributed by atoms with van der Waals surface area (Å²) in [5.41, 5.74) is 5.23. The molecule has 12 heavy (non-hydrogen) atoms. The number of hydrogen-bond donors (Lipinski definition) is 1. The molecule has 0 fully saturated rings. The smallest absolute Gasteiger partial charge is 0.00141 e. The van der Waals surface area contributed by atoms with E-state index >= 15 is 0 Å². The van der Waals surface area contributed by atoms with E-state index in [-0.39, 0.29) is 0 Å². The summed E-state index contributed by atoms with van der Waals surface area (Å²) in [5, 5.41) is 2.08. The van der Waals surface area contributed by atoms with Gasteiger partial charge in [0, 0.05) is 4.88 Å². The first-order valence-electron chi connectivity index (χ1n) is 4.37. The number of thiophene rings is 1. The van der Waals surface area contributed by atoms with E-state index in [0.29, 0.717) is 0 Å². The van der Waals surface area contributed by atoms with Crippen LogP contribution in [0.15, 0.2) is 17.5 Å². The summed E-state index contributed by atoms with van der Waals surface area (Å²) in [7, 11) is 0. The maximum atomic E-state index is 5.23. The van der Waals surface area contributed by atoms with E-state index in [4.69, 9.17) is 5.73 Å². The average molecular weight is 185 g/mol. The Morgan fingerprint density at radius 1 is 1.50 bits per heavy atom. The van der Waals surface area contributed by atoms with Crippen LogP contribution in [0.4, 0.5) is 0 Å². The number of rotatable bonds is 2. The van der Waals surface area contributed by atoms with Crippen molar-refractivity contribution in [2.75, 3.05) is 6.54 Å². The molecule has 2 heteroatoms. The van der Waals surface area contributed by atoms with Crippen molar-refractivity contribution in [3.05, 3.63) is 22.4 Å². The second kappa shape index (κ2) is 7.32. The molecule has 0 amide bonds. The van der Waals surface area contributed by atoms with Gasteiger partial charge in [-0.05, 0) is 37.3 Å². The lowest BCUT2D eigenvalue weighted by atomic mass is 10.1. The van der Waals surface area contributed by atoms with Crippen LogP contribution in [-0.2, 0) is 0 Å². The molecule has 0 aliphatic heterocycles. The third-order valence-electron chi connectivity index (χ3n) is 1.41. The van der Waals surface area contributed by atoms with E-state index in [2.05, 4.69) is 38.3 Å². The molecule has 0 aromatic carbocycles. The van der Waals surface area contributed by atoms with Gasteiger partial charge in [0.25, 0.3) is 0 Å². The van der Waals surface area contributed by atoms with E-state index in [1.165, 1.54) is 4.88 Å². The van der Waals surface area contributed by atoms with E-state index in [1.807, 2.05) is 0 Å². The lowest BCUT2D eigenvalue weighted by Gasteiger charge is -1.96. The van der Waals surface area contributed by atoms with Gasteiger partial charge >= 0.3 is 0 Å². The molecule has 1 rings (SSSR count). The van der Waals surface area contributed by atoms with Crippen molar-refractivity contribution in [3.8, 4) is 0 Å². The van der Waals surface area contributed by atoms with E-state index in [0.717, 1.165) is 18.9 Å². The lowest BCUT2D eigenvalue weighted by molar-refractivity contribution is 0.596. The highest BCUT2D eigenvalue weighted by Crippen LogP contribution is 2.03. The standard InChI is InChI=1S/C5H13N.C5H6S/c1-5(2)3-4-6;1-5-3-2-4-6-5/h5H,3-4,6H2,1-2H3;2-4H,1H3. The van der Waals surface area contributed by atoms with Crippen molar-refractivity contribution in [2.45, 2.75) is 27.2 Å². The molecule has 0 aliphatic carbocycles. The Labute approximate surface area is 79.6 Å². The van der Waals surface area contributed by atoms with Crippen molar-refractivity contribution in [1.82, 2.24) is 0 Å². The van der Waals surface area contributed by atoms with Gasteiger partial charge in [-0.3, -0.25) is 0 Å². The van der Waals surface area contributed by atoms with Gasteiger partial charge in [0.05, 0.1) is 0 Å². The Morgan fingerprint density at radius 3 is 2.25 bits per heavy atom. The average Bonchev–Trinajstić information content (AvgIpc) is 2.40. The van der Waals surface area contributed by atoms with Gasteiger partial charge in [-0.15, -0.1) is 11.3 Å². The number of nitrogens with two attached hydrogens (primary N) is 1. The summed E-state index contributed by atoms with van der Waals surface area (Å²) in [6.45, 7) is 7.28. The van der Waals surface area contributed by atoms with Crippen LogP contribution in [-0.4, -0.2) is 6.54 Å². The topological polar surface area (TPSA) is 26.0 Å². The van der Waals surface area contributed by atoms with Crippen molar-refractivity contribution in [1.29, 1.82) is 0 Å². The first-order chi connectivity index (χ1) is 5.66. The van der Waals surface area contributed by atoms with Crippen molar-refractivity contribution in [2.24, 2.45) is 11.7 Å². The second-order valence-corrected chi connectivity index (χ2v) is 4.35. The first kappa shape index (κ1) is 11.7. The Balaban J connectivity index is 0.000000202. The molecule has 0 aliphatic rings. The van der Waals surface area contributed by atoms with Gasteiger partial charge in [-0.25, -0.2) is 0 Å². The quantitative estimate of drug-likeness (QED) is 0.753. The molecule has 0 saturated heterocycles. The first-order valence-corrected chi connectivity index (χ1v) is 5.25. The van der Waals surface area contributed by atoms with E-state index in [9.17, 15) is 0 Å². The second-order valence-electron chi connectivity index (χ2n) is 3.19. The minimum absolute atomic E-state index is 0.773. The van der Waals surface area contributed by atoms with E-state index < -0.39 is 0 Å². The molecule has 0 spiro atoms. The van der Waals surface area contributed by atoms with Crippen molar-refractivity contribution < 1.29 is 0 Å². The van der Waals surface area contributed by atoms with Crippen LogP contribution in [0.2, 0.25) is 0 Å². The van der Waals surface area contributed by atoms with Crippen molar-refractivity contribution in [3.63, 3.8) is 0 Å². The van der Waals surface area contributed by atoms with Crippen LogP contribution in [0.1, 0.15) is 25.1 Å². The summed E-state index contributed by atoms with van der Waals surface area (Å²) >= 11 is 1.78. The SMILES string of the molecule is CC(C)CCN.Cc1cccs1. The Kier molecular flexibility index (Phi) is 7.11. The Bertz CT molecular complexity index is 168. The molecular formula is C10H19NS. The highest BCUT2D eigenvalue weighted by atomic mass is 32.1. The van der Waals surface area contributed by atoms with Crippen LogP contribution >= 0.6 is 11.3 Å². The van der Waals surface area contributed by atoms with Gasteiger partial charge in [0.15, 0.2) is 0 Å². The van der Waals surface area contributed by atoms with Gasteiger partial charge < -0.3 is 5.73 Å². The molecule has 1 nitrogen and oxygen atoms in total. The molecule has 1 heterocycles. The van der Waals surface area contributed by atoms with E-state index in [1.54, 1.807) is 11.3 Å². The number of hydrogen-bond acceptors (Lipinski definition) is 2. The van der Waals surface area contributed by atoms with Gasteiger partial charge in [0.1, 0.15) is 0 Å². The predicted octanol–water partition coefficient (Wildman–Crippen LogP) is 3.05. The highest BCUT2D eigenvalue weighted by molar-refractivity contribution is 7.09. The van der Waals surface area contributed by atoms with Crippen LogP contribution < -0.4 is 5.73 Å². The fraction of sp³-hybridized carbons (Fsp3) is 0.600. The van der Waals surface area contributed by atoms with Gasteiger partial charge in [-0.2, -0.15) is 0 Å². The normalized spacial score (nSPS) is 9.42. The van der Waals surface area contributed by atoms with Crippen LogP contribution in [0.3, 0.4) is 0 Å². The summed E-state index contributed by atoms with van der Waals surface area (Å²) in [6.07, 6.45) is 1.15. The maximum Gasteiger partial charge on any atom is 0.00141 e. The largest absolute Gasteiger partial charge is 0.330 e. The molecule has 1 aromatic rings. The van der Waals surface area contributed by atoms with Gasteiger partial charge in [0.2, 0.25) is 0 Å². The molecule has 0 unspecified atom stereocenters. The molecule has 1 aromatic heterocycles. The fourth-order valence-electron chi connectivity index (χ4n) is 0.694. The number of aryl methyl sites for hydroxylation is 1. The molecule has 2 N–H and O–H groups in total. The zero-order valence-corrected chi connectivity index (χ0v) is 9.03. The lowest BCUT2D eigenvalue weighted by Crippen LogP contribution is -2.01. The van der Waals surface area contributed by atoms with Gasteiger partial charge in [-0.1, -0.05) is 19.9 Å². The molecule has 0 saturated carbocycles. The minimum Gasteiger partial charge on any atom is -0.330 e. The maximum absolute atomic E-state index is 5.23. The summed E-state index contributed by atoms with van der Waals surface area (Å²) in [4.78, 5) is 1.38. The van der Waals surface area contributed by atoms with Crippen LogP contribution in [0.25, 0.3) is 0 Å². The molecule has 0 radical (unpaired) electrons. The predicted molar refractivity (Wildman–Crippen MR) is 57.6 cm³/mol. The Morgan fingerprint density at radius 2 is 2.17 bits per heavy atom. The molecule has 0 atom stereocenters. The van der Waals surface area contributed by atoms with Crippen molar-refractivity contribution >= 4 is 11.3 Å². The molecule has 0 bridgehead atoms. The summed E-state index contributed by atoms with van der Waals surface area (Å²) < 4.78 is 0. The zero-order valence-electron chi connectivity index (χ0n) is 8.21. The van der Waals surface area contributed by atoms with Crippen LogP contribution in [0, 0.1) is 12.8 Å². The third kappa shape index (κ3) is 7.76. The molecule has 70 valence electrons. The Hall–Kier alpha value is -0.340. The summed E-state index contributed by atoms with van der Waals surface area (Å²) in [6, 6.07) is 4.16. The molecular weight excluding hydrogens is 166 g/mol. The minimum atomic E-state index is 0.773.